The van der Waals surface area contributed by atoms with Crippen molar-refractivity contribution in [3.63, 3.8) is 0 Å². The highest BCUT2D eigenvalue weighted by atomic mass is 16.5. The second-order valence-electron chi connectivity index (χ2n) is 7.72. The van der Waals surface area contributed by atoms with Gasteiger partial charge in [-0.1, -0.05) is 39.0 Å². The number of nitrogens with one attached hydrogen (secondary N) is 3. The molecule has 0 aromatic heterocycles. The molecule has 0 unspecified atom stereocenters. The van der Waals surface area contributed by atoms with Crippen molar-refractivity contribution in [3.05, 3.63) is 29.8 Å². The van der Waals surface area contributed by atoms with Gasteiger partial charge in [-0.05, 0) is 24.8 Å². The Labute approximate surface area is 156 Å². The van der Waals surface area contributed by atoms with Gasteiger partial charge >= 0.3 is 0 Å². The molecule has 1 saturated carbocycles. The van der Waals surface area contributed by atoms with Crippen LogP contribution < -0.4 is 20.7 Å². The number of ether oxygens (including phenoxy) is 1. The normalized spacial score (nSPS) is 14.7. The van der Waals surface area contributed by atoms with E-state index in [-0.39, 0.29) is 11.3 Å². The molecule has 1 aliphatic carbocycles. The summed E-state index contributed by atoms with van der Waals surface area (Å²) in [7, 11) is 1.73. The van der Waals surface area contributed by atoms with E-state index in [2.05, 4.69) is 27.0 Å². The highest BCUT2D eigenvalue weighted by Crippen LogP contribution is 2.30. The Morgan fingerprint density at radius 2 is 1.85 bits per heavy atom. The number of carbonyl (C=O) groups excluding carboxylic acids is 1. The summed E-state index contributed by atoms with van der Waals surface area (Å²) in [5.74, 6) is 2.41. The van der Waals surface area contributed by atoms with E-state index in [4.69, 9.17) is 4.74 Å². The number of amides is 1. The number of guanidine groups is 1. The van der Waals surface area contributed by atoms with Gasteiger partial charge in [0.2, 0.25) is 5.91 Å². The van der Waals surface area contributed by atoms with Crippen LogP contribution in [-0.4, -0.2) is 38.6 Å². The van der Waals surface area contributed by atoms with E-state index < -0.39 is 0 Å². The van der Waals surface area contributed by atoms with Gasteiger partial charge in [0.25, 0.3) is 0 Å². The van der Waals surface area contributed by atoms with Crippen LogP contribution in [0.1, 0.15) is 39.2 Å². The molecule has 1 fully saturated rings. The van der Waals surface area contributed by atoms with Crippen LogP contribution in [0.5, 0.6) is 5.75 Å². The van der Waals surface area contributed by atoms with Crippen LogP contribution in [0.15, 0.2) is 29.3 Å². The Morgan fingerprint density at radius 1 is 1.15 bits per heavy atom. The lowest BCUT2D eigenvalue weighted by Gasteiger charge is -2.18. The summed E-state index contributed by atoms with van der Waals surface area (Å²) in [6.07, 6.45) is 2.56. The average Bonchev–Trinajstić information content (AvgIpc) is 3.43. The maximum Gasteiger partial charge on any atom is 0.225 e. The van der Waals surface area contributed by atoms with Gasteiger partial charge in [0.15, 0.2) is 5.96 Å². The Balaban J connectivity index is 1.74. The molecule has 1 aliphatic rings. The Kier molecular flexibility index (Phi) is 7.30. The molecule has 0 bridgehead atoms. The topological polar surface area (TPSA) is 74.8 Å². The first-order valence-electron chi connectivity index (χ1n) is 9.33. The molecule has 6 heteroatoms. The van der Waals surface area contributed by atoms with Gasteiger partial charge < -0.3 is 20.7 Å². The van der Waals surface area contributed by atoms with E-state index in [0.717, 1.165) is 23.8 Å². The Hall–Kier alpha value is -2.24. The van der Waals surface area contributed by atoms with Crippen molar-refractivity contribution < 1.29 is 9.53 Å². The molecule has 26 heavy (non-hydrogen) atoms. The number of carbonyl (C=O) groups is 1. The zero-order chi connectivity index (χ0) is 19.0. The van der Waals surface area contributed by atoms with Gasteiger partial charge in [-0.3, -0.25) is 9.79 Å². The summed E-state index contributed by atoms with van der Waals surface area (Å²) >= 11 is 0. The third-order valence-electron chi connectivity index (χ3n) is 4.20. The van der Waals surface area contributed by atoms with E-state index in [1.165, 1.54) is 12.8 Å². The molecule has 2 rings (SSSR count). The highest BCUT2D eigenvalue weighted by molar-refractivity contribution is 5.81. The minimum absolute atomic E-state index is 0.0454. The molecule has 0 spiro atoms. The van der Waals surface area contributed by atoms with Crippen LogP contribution in [0, 0.1) is 11.3 Å². The summed E-state index contributed by atoms with van der Waals surface area (Å²) in [6.45, 7) is 8.31. The number of aliphatic imine (C=N–C) groups is 1. The fourth-order valence-corrected chi connectivity index (χ4v) is 2.30. The van der Waals surface area contributed by atoms with Gasteiger partial charge in [-0.2, -0.15) is 0 Å². The first-order valence-corrected chi connectivity index (χ1v) is 9.33. The maximum absolute atomic E-state index is 11.8. The van der Waals surface area contributed by atoms with Crippen LogP contribution in [0.25, 0.3) is 0 Å². The SMILES string of the molecule is CN=C(NCCNC(=O)C(C)(C)C)NCc1ccccc1OCC1CC1. The molecule has 0 atom stereocenters. The van der Waals surface area contributed by atoms with Crippen molar-refractivity contribution in [1.29, 1.82) is 0 Å². The lowest BCUT2D eigenvalue weighted by molar-refractivity contribution is -0.128. The third kappa shape index (κ3) is 6.94. The fraction of sp³-hybridized carbons (Fsp3) is 0.600. The van der Waals surface area contributed by atoms with Crippen molar-refractivity contribution in [2.75, 3.05) is 26.7 Å². The first kappa shape index (κ1) is 20.1. The standard InChI is InChI=1S/C20H32N4O2/c1-20(2,3)18(25)22-11-12-23-19(21-4)24-13-16-7-5-6-8-17(16)26-14-15-9-10-15/h5-8,15H,9-14H2,1-4H3,(H,22,25)(H2,21,23,24). The predicted molar refractivity (Wildman–Crippen MR) is 105 cm³/mol. The maximum atomic E-state index is 11.8. The van der Waals surface area contributed by atoms with Crippen molar-refractivity contribution >= 4 is 11.9 Å². The molecule has 3 N–H and O–H groups in total. The summed E-state index contributed by atoms with van der Waals surface area (Å²) in [6, 6.07) is 8.08. The van der Waals surface area contributed by atoms with Crippen molar-refractivity contribution in [1.82, 2.24) is 16.0 Å². The van der Waals surface area contributed by atoms with Crippen LogP contribution in [-0.2, 0) is 11.3 Å². The van der Waals surface area contributed by atoms with E-state index >= 15 is 0 Å². The summed E-state index contributed by atoms with van der Waals surface area (Å²) < 4.78 is 5.94. The molecule has 0 heterocycles. The van der Waals surface area contributed by atoms with Gasteiger partial charge in [-0.25, -0.2) is 0 Å². The fourth-order valence-electron chi connectivity index (χ4n) is 2.30. The average molecular weight is 361 g/mol. The van der Waals surface area contributed by atoms with Crippen molar-refractivity contribution in [2.45, 2.75) is 40.2 Å². The Morgan fingerprint density at radius 3 is 2.50 bits per heavy atom. The van der Waals surface area contributed by atoms with E-state index in [1.807, 2.05) is 39.0 Å². The second kappa shape index (κ2) is 9.46. The quantitative estimate of drug-likeness (QED) is 0.378. The number of para-hydroxylation sites is 1. The minimum atomic E-state index is -0.371. The van der Waals surface area contributed by atoms with Crippen LogP contribution in [0.3, 0.4) is 0 Å². The monoisotopic (exact) mass is 360 g/mol. The number of rotatable bonds is 8. The van der Waals surface area contributed by atoms with Crippen LogP contribution >= 0.6 is 0 Å². The molecular formula is C20H32N4O2. The molecular weight excluding hydrogens is 328 g/mol. The summed E-state index contributed by atoms with van der Waals surface area (Å²) in [5.41, 5.74) is 0.738. The first-order chi connectivity index (χ1) is 12.4. The molecule has 0 saturated heterocycles. The zero-order valence-electron chi connectivity index (χ0n) is 16.4. The van der Waals surface area contributed by atoms with Gasteiger partial charge in [0.1, 0.15) is 5.75 Å². The largest absolute Gasteiger partial charge is 0.493 e. The molecule has 0 aliphatic heterocycles. The predicted octanol–water partition coefficient (Wildman–Crippen LogP) is 2.30. The van der Waals surface area contributed by atoms with E-state index in [0.29, 0.717) is 25.6 Å². The lowest BCUT2D eigenvalue weighted by Crippen LogP contribution is -2.43. The lowest BCUT2D eigenvalue weighted by atomic mass is 9.96. The molecule has 144 valence electrons. The van der Waals surface area contributed by atoms with E-state index in [1.54, 1.807) is 7.05 Å². The third-order valence-corrected chi connectivity index (χ3v) is 4.20. The van der Waals surface area contributed by atoms with Gasteiger partial charge in [-0.15, -0.1) is 0 Å². The molecule has 1 aromatic carbocycles. The zero-order valence-corrected chi connectivity index (χ0v) is 16.4. The van der Waals surface area contributed by atoms with Crippen LogP contribution in [0.2, 0.25) is 0 Å². The van der Waals surface area contributed by atoms with Crippen molar-refractivity contribution in [3.8, 4) is 5.75 Å². The van der Waals surface area contributed by atoms with Gasteiger partial charge in [0.05, 0.1) is 6.61 Å². The number of nitrogens with zero attached hydrogens (tertiary/aromatic N) is 1. The number of hydrogen-bond acceptors (Lipinski definition) is 3. The molecule has 0 radical (unpaired) electrons. The number of benzene rings is 1. The minimum Gasteiger partial charge on any atom is -0.493 e. The molecule has 1 aromatic rings. The van der Waals surface area contributed by atoms with E-state index in [9.17, 15) is 4.79 Å². The molecule has 6 nitrogen and oxygen atoms in total. The summed E-state index contributed by atoms with van der Waals surface area (Å²) in [5, 5.41) is 9.42. The second-order valence-corrected chi connectivity index (χ2v) is 7.72. The van der Waals surface area contributed by atoms with Gasteiger partial charge in [0, 0.05) is 37.7 Å². The number of hydrogen-bond donors (Lipinski definition) is 3. The molecule has 1 amide bonds. The van der Waals surface area contributed by atoms with Crippen LogP contribution in [0.4, 0.5) is 0 Å². The highest BCUT2D eigenvalue weighted by Gasteiger charge is 2.22. The smallest absolute Gasteiger partial charge is 0.225 e. The Bertz CT molecular complexity index is 618. The summed E-state index contributed by atoms with van der Waals surface area (Å²) in [4.78, 5) is 16.1. The van der Waals surface area contributed by atoms with Crippen molar-refractivity contribution in [2.24, 2.45) is 16.3 Å².